The molecule has 0 saturated carbocycles. The number of rotatable bonds is 5. The van der Waals surface area contributed by atoms with Gasteiger partial charge in [-0.1, -0.05) is 61.8 Å². The molecule has 160 valence electrons. The molecule has 1 aromatic heterocycles. The number of benzene rings is 2. The second kappa shape index (κ2) is 9.06. The molecule has 5 nitrogen and oxygen atoms in total. The molecule has 6 heteroatoms. The lowest BCUT2D eigenvalue weighted by Gasteiger charge is -2.31. The predicted molar refractivity (Wildman–Crippen MR) is 125 cm³/mol. The summed E-state index contributed by atoms with van der Waals surface area (Å²) in [6.45, 7) is 5.57. The number of nitrogens with zero attached hydrogens (tertiary/aromatic N) is 3. The van der Waals surface area contributed by atoms with E-state index in [-0.39, 0.29) is 5.92 Å². The molecule has 1 aliphatic rings. The molecular weight excluding hydrogens is 410 g/mol. The summed E-state index contributed by atoms with van der Waals surface area (Å²) in [6.07, 6.45) is 3.27. The van der Waals surface area contributed by atoms with Crippen LogP contribution in [0.15, 0.2) is 54.7 Å². The Morgan fingerprint density at radius 3 is 2.58 bits per heavy atom. The van der Waals surface area contributed by atoms with Gasteiger partial charge >= 0.3 is 5.97 Å². The van der Waals surface area contributed by atoms with Crippen LogP contribution in [0.25, 0.3) is 22.5 Å². The highest BCUT2D eigenvalue weighted by Gasteiger charge is 2.27. The molecule has 4 rings (SSSR count). The Morgan fingerprint density at radius 1 is 1.13 bits per heavy atom. The number of carbonyl (C=O) groups is 1. The lowest BCUT2D eigenvalue weighted by molar-refractivity contribution is -0.141. The second-order valence-electron chi connectivity index (χ2n) is 8.34. The van der Waals surface area contributed by atoms with Gasteiger partial charge in [-0.15, -0.1) is 0 Å². The van der Waals surface area contributed by atoms with Crippen LogP contribution in [-0.4, -0.2) is 34.1 Å². The molecular formula is C25H26ClN3O2. The fraction of sp³-hybridized carbons (Fsp3) is 0.320. The SMILES string of the molecule is CC(C)c1ccc(-c2nc(N3CCCC(C(=O)O)C3)cnc2-c2cccc(Cl)c2)cc1. The summed E-state index contributed by atoms with van der Waals surface area (Å²) < 4.78 is 0. The Labute approximate surface area is 187 Å². The van der Waals surface area contributed by atoms with Crippen molar-refractivity contribution in [2.75, 3.05) is 18.0 Å². The van der Waals surface area contributed by atoms with Crippen molar-refractivity contribution >= 4 is 23.4 Å². The zero-order valence-corrected chi connectivity index (χ0v) is 18.5. The van der Waals surface area contributed by atoms with Crippen LogP contribution in [0.3, 0.4) is 0 Å². The Balaban J connectivity index is 1.78. The van der Waals surface area contributed by atoms with Crippen LogP contribution >= 0.6 is 11.6 Å². The summed E-state index contributed by atoms with van der Waals surface area (Å²) in [4.78, 5) is 23.3. The highest BCUT2D eigenvalue weighted by atomic mass is 35.5. The fourth-order valence-corrected chi connectivity index (χ4v) is 4.18. The van der Waals surface area contributed by atoms with E-state index in [9.17, 15) is 9.90 Å². The van der Waals surface area contributed by atoms with Gasteiger partial charge in [-0.3, -0.25) is 9.78 Å². The molecule has 3 aromatic rings. The smallest absolute Gasteiger partial charge is 0.308 e. The molecule has 0 spiro atoms. The maximum atomic E-state index is 11.5. The summed E-state index contributed by atoms with van der Waals surface area (Å²) in [7, 11) is 0. The number of carboxylic acid groups (broad SMARTS) is 1. The number of halogens is 1. The van der Waals surface area contributed by atoms with Crippen LogP contribution in [-0.2, 0) is 4.79 Å². The topological polar surface area (TPSA) is 66.3 Å². The van der Waals surface area contributed by atoms with E-state index in [0.717, 1.165) is 35.5 Å². The number of piperidine rings is 1. The number of carboxylic acids is 1. The molecule has 1 fully saturated rings. The van der Waals surface area contributed by atoms with Crippen LogP contribution in [0.4, 0.5) is 5.82 Å². The number of anilines is 1. The maximum Gasteiger partial charge on any atom is 0.308 e. The zero-order chi connectivity index (χ0) is 22.0. The van der Waals surface area contributed by atoms with Crippen LogP contribution in [0.2, 0.25) is 5.02 Å². The Morgan fingerprint density at radius 2 is 1.90 bits per heavy atom. The summed E-state index contributed by atoms with van der Waals surface area (Å²) in [5.74, 6) is 0.0227. The van der Waals surface area contributed by atoms with Gasteiger partial charge in [-0.05, 0) is 36.5 Å². The molecule has 1 saturated heterocycles. The number of hydrogen-bond acceptors (Lipinski definition) is 4. The zero-order valence-electron chi connectivity index (χ0n) is 17.8. The van der Waals surface area contributed by atoms with E-state index in [1.165, 1.54) is 5.56 Å². The third-order valence-corrected chi connectivity index (χ3v) is 6.04. The van der Waals surface area contributed by atoms with Crippen molar-refractivity contribution in [2.45, 2.75) is 32.6 Å². The van der Waals surface area contributed by atoms with Crippen molar-refractivity contribution < 1.29 is 9.90 Å². The van der Waals surface area contributed by atoms with Gasteiger partial charge in [0.1, 0.15) is 5.82 Å². The molecule has 1 aliphatic heterocycles. The molecule has 2 aromatic carbocycles. The van der Waals surface area contributed by atoms with E-state index in [1.54, 1.807) is 6.20 Å². The van der Waals surface area contributed by atoms with Crippen LogP contribution in [0.5, 0.6) is 0 Å². The van der Waals surface area contributed by atoms with Gasteiger partial charge in [0.15, 0.2) is 0 Å². The maximum absolute atomic E-state index is 11.5. The average Bonchev–Trinajstić information content (AvgIpc) is 2.79. The fourth-order valence-electron chi connectivity index (χ4n) is 3.99. The lowest BCUT2D eigenvalue weighted by atomic mass is 9.98. The minimum absolute atomic E-state index is 0.378. The summed E-state index contributed by atoms with van der Waals surface area (Å²) in [5, 5.41) is 10.1. The van der Waals surface area contributed by atoms with Crippen LogP contribution in [0, 0.1) is 5.92 Å². The van der Waals surface area contributed by atoms with E-state index in [1.807, 2.05) is 29.2 Å². The molecule has 0 radical (unpaired) electrons. The van der Waals surface area contributed by atoms with E-state index < -0.39 is 5.97 Å². The van der Waals surface area contributed by atoms with Gasteiger partial charge in [0.05, 0.1) is 23.5 Å². The Hall–Kier alpha value is -2.92. The predicted octanol–water partition coefficient (Wildman–Crippen LogP) is 5.89. The largest absolute Gasteiger partial charge is 0.481 e. The van der Waals surface area contributed by atoms with Gasteiger partial charge in [-0.25, -0.2) is 4.98 Å². The van der Waals surface area contributed by atoms with Crippen molar-refractivity contribution in [1.82, 2.24) is 9.97 Å². The van der Waals surface area contributed by atoms with Crippen LogP contribution < -0.4 is 4.90 Å². The van der Waals surface area contributed by atoms with Crippen molar-refractivity contribution in [3.63, 3.8) is 0 Å². The minimum Gasteiger partial charge on any atom is -0.481 e. The van der Waals surface area contributed by atoms with Crippen molar-refractivity contribution in [2.24, 2.45) is 5.92 Å². The van der Waals surface area contributed by atoms with Gasteiger partial charge in [-0.2, -0.15) is 0 Å². The first-order valence-electron chi connectivity index (χ1n) is 10.6. The minimum atomic E-state index is -0.752. The van der Waals surface area contributed by atoms with Crippen molar-refractivity contribution in [3.8, 4) is 22.5 Å². The molecule has 1 unspecified atom stereocenters. The number of hydrogen-bond donors (Lipinski definition) is 1. The highest BCUT2D eigenvalue weighted by Crippen LogP contribution is 2.33. The summed E-state index contributed by atoms with van der Waals surface area (Å²) in [5.41, 5.74) is 4.66. The van der Waals surface area contributed by atoms with Gasteiger partial charge in [0, 0.05) is 29.2 Å². The van der Waals surface area contributed by atoms with E-state index in [4.69, 9.17) is 21.6 Å². The van der Waals surface area contributed by atoms with Crippen molar-refractivity contribution in [1.29, 1.82) is 0 Å². The molecule has 2 heterocycles. The molecule has 31 heavy (non-hydrogen) atoms. The second-order valence-corrected chi connectivity index (χ2v) is 8.77. The molecule has 0 bridgehead atoms. The van der Waals surface area contributed by atoms with Gasteiger partial charge in [0.2, 0.25) is 0 Å². The Kier molecular flexibility index (Phi) is 6.23. The lowest BCUT2D eigenvalue weighted by Crippen LogP contribution is -2.39. The standard InChI is InChI=1S/C25H26ClN3O2/c1-16(2)17-8-10-18(11-9-17)24-23(19-5-3-7-21(26)13-19)27-14-22(28-24)29-12-4-6-20(15-29)25(30)31/h3,5,7-11,13-14,16,20H,4,6,12,15H2,1-2H3,(H,30,31). The highest BCUT2D eigenvalue weighted by molar-refractivity contribution is 6.30. The summed E-state index contributed by atoms with van der Waals surface area (Å²) >= 11 is 6.24. The molecule has 0 aliphatic carbocycles. The number of aliphatic carboxylic acids is 1. The van der Waals surface area contributed by atoms with E-state index in [2.05, 4.69) is 38.1 Å². The normalized spacial score (nSPS) is 16.5. The molecule has 1 atom stereocenters. The van der Waals surface area contributed by atoms with Crippen LogP contribution in [0.1, 0.15) is 38.2 Å². The summed E-state index contributed by atoms with van der Waals surface area (Å²) in [6, 6.07) is 16.0. The molecule has 0 amide bonds. The first-order valence-corrected chi connectivity index (χ1v) is 11.0. The monoisotopic (exact) mass is 435 g/mol. The van der Waals surface area contributed by atoms with Crippen molar-refractivity contribution in [3.05, 3.63) is 65.3 Å². The Bertz CT molecular complexity index is 1080. The average molecular weight is 436 g/mol. The first-order chi connectivity index (χ1) is 14.9. The number of aromatic nitrogens is 2. The van der Waals surface area contributed by atoms with Gasteiger partial charge in [0.25, 0.3) is 0 Å². The third-order valence-electron chi connectivity index (χ3n) is 5.80. The first kappa shape index (κ1) is 21.3. The third kappa shape index (κ3) is 4.72. The molecule has 1 N–H and O–H groups in total. The van der Waals surface area contributed by atoms with E-state index in [0.29, 0.717) is 29.7 Å². The van der Waals surface area contributed by atoms with Gasteiger partial charge < -0.3 is 10.0 Å². The quantitative estimate of drug-likeness (QED) is 0.541. The van der Waals surface area contributed by atoms with E-state index >= 15 is 0 Å².